The first-order valence-corrected chi connectivity index (χ1v) is 12.7. The molecule has 5 rings (SSSR count). The number of aliphatic hydroxyl groups excluding tert-OH is 1. The Labute approximate surface area is 219 Å². The van der Waals surface area contributed by atoms with Crippen molar-refractivity contribution in [2.45, 2.75) is 31.3 Å². The quantitative estimate of drug-likeness (QED) is 0.468. The standard InChI is InChI=1S/C25H22ClF3N4O3S/c1-31-7-6-20(21(34)13-31)33-23(35)22(37-24(33)36)9-14-2-5-19-16(8-14)11-30-32(19)12-15-3-4-17(26)10-18(15)25(27,28)29/h2-5,8-11,20-21,34H,6-7,12-13H2,1H3/b22-9-/t20-,21-/m1/s1. The third kappa shape index (κ3) is 5.13. The highest BCUT2D eigenvalue weighted by Crippen LogP contribution is 2.37. The number of hydrogen-bond acceptors (Lipinski definition) is 6. The van der Waals surface area contributed by atoms with Crippen LogP contribution in [0.25, 0.3) is 17.0 Å². The maximum atomic E-state index is 13.5. The van der Waals surface area contributed by atoms with Crippen LogP contribution in [0, 0.1) is 0 Å². The molecule has 3 heterocycles. The number of halogens is 4. The number of carbonyl (C=O) groups excluding carboxylic acids is 2. The van der Waals surface area contributed by atoms with E-state index in [0.717, 1.165) is 22.7 Å². The number of fused-ring (bicyclic) bond motifs is 1. The van der Waals surface area contributed by atoms with Gasteiger partial charge in [0.1, 0.15) is 0 Å². The molecule has 0 bridgehead atoms. The van der Waals surface area contributed by atoms with Crippen molar-refractivity contribution in [3.05, 3.63) is 69.2 Å². The number of piperidine rings is 1. The van der Waals surface area contributed by atoms with Gasteiger partial charge < -0.3 is 10.0 Å². The molecular weight excluding hydrogens is 529 g/mol. The molecule has 0 radical (unpaired) electrons. The number of imide groups is 1. The van der Waals surface area contributed by atoms with E-state index in [2.05, 4.69) is 5.10 Å². The first kappa shape index (κ1) is 25.8. The molecule has 0 spiro atoms. The van der Waals surface area contributed by atoms with Crippen LogP contribution in [0.5, 0.6) is 0 Å². The molecule has 2 aliphatic heterocycles. The number of aromatic nitrogens is 2. The van der Waals surface area contributed by atoms with E-state index in [9.17, 15) is 27.9 Å². The lowest BCUT2D eigenvalue weighted by atomic mass is 10.0. The minimum Gasteiger partial charge on any atom is -0.390 e. The van der Waals surface area contributed by atoms with Crippen molar-refractivity contribution >= 4 is 51.5 Å². The van der Waals surface area contributed by atoms with Crippen LogP contribution >= 0.6 is 23.4 Å². The zero-order valence-electron chi connectivity index (χ0n) is 19.6. The molecule has 0 aliphatic carbocycles. The Hall–Kier alpha value is -2.86. The van der Waals surface area contributed by atoms with E-state index in [-0.39, 0.29) is 22.0 Å². The van der Waals surface area contributed by atoms with Crippen molar-refractivity contribution in [2.75, 3.05) is 20.1 Å². The first-order valence-electron chi connectivity index (χ1n) is 11.5. The van der Waals surface area contributed by atoms with Crippen LogP contribution in [0.15, 0.2) is 47.5 Å². The number of rotatable bonds is 4. The molecule has 0 saturated carbocycles. The lowest BCUT2D eigenvalue weighted by Crippen LogP contribution is -2.54. The monoisotopic (exact) mass is 550 g/mol. The maximum Gasteiger partial charge on any atom is 0.416 e. The van der Waals surface area contributed by atoms with Gasteiger partial charge in [0.15, 0.2) is 0 Å². The number of aliphatic hydroxyl groups is 1. The molecule has 2 fully saturated rings. The fourth-order valence-corrected chi connectivity index (χ4v) is 5.79. The van der Waals surface area contributed by atoms with Gasteiger partial charge in [-0.1, -0.05) is 23.7 Å². The molecule has 12 heteroatoms. The smallest absolute Gasteiger partial charge is 0.390 e. The molecule has 1 aromatic heterocycles. The van der Waals surface area contributed by atoms with Gasteiger partial charge >= 0.3 is 6.18 Å². The SMILES string of the molecule is CN1CC[C@@H](N2C(=O)S/C(=C\c3ccc4c(cnn4Cc4ccc(Cl)cc4C(F)(F)F)c3)C2=O)[C@H](O)C1. The Morgan fingerprint density at radius 1 is 1.22 bits per heavy atom. The largest absolute Gasteiger partial charge is 0.416 e. The molecule has 2 amide bonds. The summed E-state index contributed by atoms with van der Waals surface area (Å²) in [6.45, 7) is 0.947. The van der Waals surface area contributed by atoms with Gasteiger partial charge in [-0.3, -0.25) is 19.2 Å². The van der Waals surface area contributed by atoms with Gasteiger partial charge in [0.2, 0.25) is 0 Å². The van der Waals surface area contributed by atoms with Gasteiger partial charge in [0, 0.05) is 23.5 Å². The van der Waals surface area contributed by atoms with Crippen LogP contribution in [0.2, 0.25) is 5.02 Å². The van der Waals surface area contributed by atoms with Gasteiger partial charge in [-0.25, -0.2) is 0 Å². The Morgan fingerprint density at radius 3 is 2.73 bits per heavy atom. The van der Waals surface area contributed by atoms with Crippen molar-refractivity contribution < 1.29 is 27.9 Å². The average Bonchev–Trinajstić information content (AvgIpc) is 3.34. The Morgan fingerprint density at radius 2 is 2.00 bits per heavy atom. The summed E-state index contributed by atoms with van der Waals surface area (Å²) in [5, 5.41) is 14.9. The van der Waals surface area contributed by atoms with Crippen LogP contribution in [0.3, 0.4) is 0 Å². The average molecular weight is 551 g/mol. The van der Waals surface area contributed by atoms with Crippen LogP contribution < -0.4 is 0 Å². The van der Waals surface area contributed by atoms with Crippen molar-refractivity contribution in [3.63, 3.8) is 0 Å². The summed E-state index contributed by atoms with van der Waals surface area (Å²) >= 11 is 6.61. The fourth-order valence-electron chi connectivity index (χ4n) is 4.73. The Balaban J connectivity index is 1.39. The summed E-state index contributed by atoms with van der Waals surface area (Å²) in [6, 6.07) is 8.26. The fraction of sp³-hybridized carbons (Fsp3) is 0.320. The van der Waals surface area contributed by atoms with Gasteiger partial charge in [-0.05, 0) is 66.7 Å². The predicted octanol–water partition coefficient (Wildman–Crippen LogP) is 4.86. The van der Waals surface area contributed by atoms with E-state index < -0.39 is 35.0 Å². The third-order valence-corrected chi connectivity index (χ3v) is 7.68. The van der Waals surface area contributed by atoms with Crippen molar-refractivity contribution in [3.8, 4) is 0 Å². The van der Waals surface area contributed by atoms with Crippen LogP contribution in [0.1, 0.15) is 23.1 Å². The molecule has 2 aliphatic rings. The molecule has 1 N–H and O–H groups in total. The predicted molar refractivity (Wildman–Crippen MR) is 135 cm³/mol. The minimum absolute atomic E-state index is 0.000728. The van der Waals surface area contributed by atoms with Crippen molar-refractivity contribution in [2.24, 2.45) is 0 Å². The van der Waals surface area contributed by atoms with Crippen molar-refractivity contribution in [1.82, 2.24) is 19.6 Å². The molecule has 194 valence electrons. The summed E-state index contributed by atoms with van der Waals surface area (Å²) in [5.74, 6) is -0.443. The Kier molecular flexibility index (Phi) is 6.82. The summed E-state index contributed by atoms with van der Waals surface area (Å²) < 4.78 is 41.9. The number of carbonyl (C=O) groups is 2. The van der Waals surface area contributed by atoms with E-state index in [0.29, 0.717) is 36.0 Å². The van der Waals surface area contributed by atoms with E-state index in [4.69, 9.17) is 11.6 Å². The van der Waals surface area contributed by atoms with Gasteiger partial charge in [-0.15, -0.1) is 0 Å². The molecule has 7 nitrogen and oxygen atoms in total. The number of hydrogen-bond donors (Lipinski definition) is 1. The molecular formula is C25H22ClF3N4O3S. The Bertz CT molecular complexity index is 1420. The molecule has 2 saturated heterocycles. The normalized spacial score (nSPS) is 22.5. The first-order chi connectivity index (χ1) is 17.5. The van der Waals surface area contributed by atoms with Gasteiger partial charge in [0.05, 0.1) is 40.9 Å². The van der Waals surface area contributed by atoms with Crippen molar-refractivity contribution in [1.29, 1.82) is 0 Å². The lowest BCUT2D eigenvalue weighted by molar-refractivity contribution is -0.138. The van der Waals surface area contributed by atoms with E-state index in [1.165, 1.54) is 23.0 Å². The number of likely N-dealkylation sites (tertiary alicyclic amines) is 1. The van der Waals surface area contributed by atoms with E-state index in [1.807, 2.05) is 11.9 Å². The highest BCUT2D eigenvalue weighted by atomic mass is 35.5. The zero-order valence-corrected chi connectivity index (χ0v) is 21.1. The number of alkyl halides is 3. The molecule has 2 atom stereocenters. The third-order valence-electron chi connectivity index (χ3n) is 6.57. The number of likely N-dealkylation sites (N-methyl/N-ethyl adjacent to an activating group) is 1. The second-order valence-electron chi connectivity index (χ2n) is 9.16. The molecule has 3 aromatic rings. The van der Waals surface area contributed by atoms with E-state index in [1.54, 1.807) is 24.3 Å². The van der Waals surface area contributed by atoms with E-state index >= 15 is 0 Å². The lowest BCUT2D eigenvalue weighted by Gasteiger charge is -2.37. The minimum atomic E-state index is -4.55. The van der Waals surface area contributed by atoms with Crippen LogP contribution in [-0.2, 0) is 17.5 Å². The molecule has 0 unspecified atom stereocenters. The van der Waals surface area contributed by atoms with Crippen LogP contribution in [-0.4, -0.2) is 68.1 Å². The summed E-state index contributed by atoms with van der Waals surface area (Å²) in [7, 11) is 1.87. The second kappa shape index (κ2) is 9.79. The number of thioether (sulfide) groups is 1. The maximum absolute atomic E-state index is 13.5. The highest BCUT2D eigenvalue weighted by molar-refractivity contribution is 8.18. The topological polar surface area (TPSA) is 78.7 Å². The van der Waals surface area contributed by atoms with Crippen LogP contribution in [0.4, 0.5) is 18.0 Å². The zero-order chi connectivity index (χ0) is 26.5. The second-order valence-corrected chi connectivity index (χ2v) is 10.6. The summed E-state index contributed by atoms with van der Waals surface area (Å²) in [4.78, 5) is 29.0. The number of nitrogens with zero attached hydrogens (tertiary/aromatic N) is 4. The summed E-state index contributed by atoms with van der Waals surface area (Å²) in [5.41, 5.74) is 0.480. The molecule has 2 aromatic carbocycles. The van der Waals surface area contributed by atoms with Gasteiger partial charge in [-0.2, -0.15) is 18.3 Å². The number of β-amino-alcohol motifs (C(OH)–C–C–N with tert-alkyl or cyclic N) is 1. The number of benzene rings is 2. The highest BCUT2D eigenvalue weighted by Gasteiger charge is 2.43. The summed E-state index contributed by atoms with van der Waals surface area (Å²) in [6.07, 6.45) is -1.73. The van der Waals surface area contributed by atoms with Gasteiger partial charge in [0.25, 0.3) is 11.1 Å². The molecule has 37 heavy (non-hydrogen) atoms. The number of amides is 2.